The van der Waals surface area contributed by atoms with Crippen molar-refractivity contribution in [3.05, 3.63) is 122 Å². The second-order valence-electron chi connectivity index (χ2n) is 19.8. The Hall–Kier alpha value is -4.19. The Kier molecular flexibility index (Phi) is 57.9. The molecule has 0 aromatic rings. The van der Waals surface area contributed by atoms with Crippen molar-refractivity contribution in [1.82, 2.24) is 0 Å². The molecule has 1 unspecified atom stereocenters. The van der Waals surface area contributed by atoms with Gasteiger partial charge in [-0.05, 0) is 122 Å². The third-order valence-corrected chi connectivity index (χ3v) is 12.7. The predicted octanol–water partition coefficient (Wildman–Crippen LogP) is 20.8. The number of esters is 3. The molecule has 0 aromatic carbocycles. The van der Waals surface area contributed by atoms with E-state index in [0.717, 1.165) is 128 Å². The summed E-state index contributed by atoms with van der Waals surface area (Å²) in [6.07, 6.45) is 84.9. The van der Waals surface area contributed by atoms with Crippen molar-refractivity contribution in [1.29, 1.82) is 0 Å². The Labute approximate surface area is 456 Å². The number of ether oxygens (including phenoxy) is 3. The summed E-state index contributed by atoms with van der Waals surface area (Å²) in [5.74, 6) is -0.957. The number of unbranched alkanes of at least 4 members (excludes halogenated alkanes) is 23. The van der Waals surface area contributed by atoms with Crippen LogP contribution < -0.4 is 0 Å². The lowest BCUT2D eigenvalue weighted by Gasteiger charge is -2.18. The maximum Gasteiger partial charge on any atom is 0.306 e. The Morgan fingerprint density at radius 1 is 0.284 bits per heavy atom. The molecular formula is C68H112O6. The van der Waals surface area contributed by atoms with Gasteiger partial charge in [0.1, 0.15) is 13.2 Å². The van der Waals surface area contributed by atoms with Crippen LogP contribution >= 0.6 is 0 Å². The van der Waals surface area contributed by atoms with Gasteiger partial charge in [-0.3, -0.25) is 14.4 Å². The number of hydrogen-bond acceptors (Lipinski definition) is 6. The summed E-state index contributed by atoms with van der Waals surface area (Å²) in [5.41, 5.74) is 0. The van der Waals surface area contributed by atoms with Crippen LogP contribution in [0.25, 0.3) is 0 Å². The average Bonchev–Trinajstić information content (AvgIpc) is 3.40. The first-order valence-corrected chi connectivity index (χ1v) is 30.5. The zero-order valence-corrected chi connectivity index (χ0v) is 48.1. The molecule has 0 bridgehead atoms. The fourth-order valence-electron chi connectivity index (χ4n) is 8.15. The van der Waals surface area contributed by atoms with Gasteiger partial charge >= 0.3 is 17.9 Å². The minimum Gasteiger partial charge on any atom is -0.462 e. The largest absolute Gasteiger partial charge is 0.462 e. The van der Waals surface area contributed by atoms with Crippen LogP contribution in [0.4, 0.5) is 0 Å². The number of allylic oxidation sites excluding steroid dienone is 20. The first-order chi connectivity index (χ1) is 36.5. The Bertz CT molecular complexity index is 1550. The normalized spacial score (nSPS) is 13.0. The maximum atomic E-state index is 12.8. The van der Waals surface area contributed by atoms with E-state index in [9.17, 15) is 14.4 Å². The molecule has 0 aliphatic rings. The van der Waals surface area contributed by atoms with Crippen LogP contribution in [0, 0.1) is 0 Å². The van der Waals surface area contributed by atoms with Crippen LogP contribution in [0.2, 0.25) is 0 Å². The molecule has 0 aliphatic heterocycles. The van der Waals surface area contributed by atoms with Crippen LogP contribution in [0.5, 0.6) is 0 Å². The van der Waals surface area contributed by atoms with E-state index in [0.29, 0.717) is 19.3 Å². The molecule has 0 rings (SSSR count). The van der Waals surface area contributed by atoms with Crippen molar-refractivity contribution in [2.24, 2.45) is 0 Å². The van der Waals surface area contributed by atoms with E-state index in [1.807, 2.05) is 0 Å². The third kappa shape index (κ3) is 58.7. The SMILES string of the molecule is CC/C=C\C/C=C\C/C=C\C/C=C\CCCCCCCCCCCCCCCCC(=O)OCC(COC(=O)CCCCCCC/C=C\C/C=C\CCCC)OC(=O)CCCC/C=C\C/C=C\C/C=C\C/C=C\CC. The van der Waals surface area contributed by atoms with Crippen LogP contribution in [-0.4, -0.2) is 37.2 Å². The molecule has 0 N–H and O–H groups in total. The smallest absolute Gasteiger partial charge is 0.306 e. The first-order valence-electron chi connectivity index (χ1n) is 30.5. The average molecular weight is 1030 g/mol. The van der Waals surface area contributed by atoms with Crippen molar-refractivity contribution < 1.29 is 28.6 Å². The predicted molar refractivity (Wildman–Crippen MR) is 320 cm³/mol. The Balaban J connectivity index is 4.32. The number of hydrogen-bond donors (Lipinski definition) is 0. The lowest BCUT2D eigenvalue weighted by molar-refractivity contribution is -0.167. The third-order valence-electron chi connectivity index (χ3n) is 12.7. The van der Waals surface area contributed by atoms with Gasteiger partial charge in [-0.15, -0.1) is 0 Å². The lowest BCUT2D eigenvalue weighted by atomic mass is 10.0. The Morgan fingerprint density at radius 3 is 0.851 bits per heavy atom. The highest BCUT2D eigenvalue weighted by Crippen LogP contribution is 2.15. The molecule has 0 spiro atoms. The zero-order valence-electron chi connectivity index (χ0n) is 48.1. The highest BCUT2D eigenvalue weighted by atomic mass is 16.6. The molecule has 0 aromatic heterocycles. The van der Waals surface area contributed by atoms with Crippen molar-refractivity contribution in [3.63, 3.8) is 0 Å². The van der Waals surface area contributed by atoms with Crippen molar-refractivity contribution in [3.8, 4) is 0 Å². The molecule has 6 nitrogen and oxygen atoms in total. The Morgan fingerprint density at radius 2 is 0.527 bits per heavy atom. The summed E-state index contributed by atoms with van der Waals surface area (Å²) in [7, 11) is 0. The van der Waals surface area contributed by atoms with Crippen LogP contribution in [-0.2, 0) is 28.6 Å². The molecule has 74 heavy (non-hydrogen) atoms. The van der Waals surface area contributed by atoms with E-state index in [1.54, 1.807) is 0 Å². The highest BCUT2D eigenvalue weighted by molar-refractivity contribution is 5.71. The molecule has 0 saturated carbocycles. The van der Waals surface area contributed by atoms with E-state index in [4.69, 9.17) is 14.2 Å². The molecule has 420 valence electrons. The lowest BCUT2D eigenvalue weighted by Crippen LogP contribution is -2.30. The van der Waals surface area contributed by atoms with E-state index in [-0.39, 0.29) is 37.5 Å². The summed E-state index contributed by atoms with van der Waals surface area (Å²) < 4.78 is 16.8. The van der Waals surface area contributed by atoms with E-state index >= 15 is 0 Å². The van der Waals surface area contributed by atoms with Gasteiger partial charge in [0, 0.05) is 19.3 Å². The minimum absolute atomic E-state index is 0.101. The van der Waals surface area contributed by atoms with E-state index in [2.05, 4.69) is 142 Å². The molecule has 0 fully saturated rings. The monoisotopic (exact) mass is 1020 g/mol. The van der Waals surface area contributed by atoms with Crippen LogP contribution in [0.3, 0.4) is 0 Å². The van der Waals surface area contributed by atoms with Gasteiger partial charge in [-0.2, -0.15) is 0 Å². The fourth-order valence-corrected chi connectivity index (χ4v) is 8.15. The summed E-state index contributed by atoms with van der Waals surface area (Å²) in [4.78, 5) is 38.2. The molecule has 0 heterocycles. The fraction of sp³-hybridized carbons (Fsp3) is 0.662. The van der Waals surface area contributed by atoms with Gasteiger partial charge in [0.15, 0.2) is 6.10 Å². The summed E-state index contributed by atoms with van der Waals surface area (Å²) in [6, 6.07) is 0. The molecule has 0 radical (unpaired) electrons. The standard InChI is InChI=1S/C68H112O6/c1-4-7-10-13-16-19-22-25-28-29-30-31-32-33-34-35-36-37-38-39-41-43-46-49-52-55-58-61-67(70)73-64-65(63-72-66(69)60-57-54-51-48-45-42-27-24-21-18-15-12-9-6-3)74-68(71)62-59-56-53-50-47-44-40-26-23-20-17-14-11-8-5-2/h7-8,10-11,15-20,24-28,30-31,40,47,50,65H,4-6,9,12-14,21-23,29,32-39,41-46,48-49,51-64H2,1-3H3/b10-7-,11-8-,18-15-,19-16-,20-17-,27-24-,28-25-,31-30-,40-26-,50-47-. The van der Waals surface area contributed by atoms with Gasteiger partial charge in [-0.25, -0.2) is 0 Å². The molecule has 6 heteroatoms. The van der Waals surface area contributed by atoms with Crippen molar-refractivity contribution in [2.75, 3.05) is 13.2 Å². The molecular weight excluding hydrogens is 913 g/mol. The highest BCUT2D eigenvalue weighted by Gasteiger charge is 2.19. The van der Waals surface area contributed by atoms with Gasteiger partial charge < -0.3 is 14.2 Å². The summed E-state index contributed by atoms with van der Waals surface area (Å²) in [6.45, 7) is 6.33. The topological polar surface area (TPSA) is 78.9 Å². The number of rotatable bonds is 54. The maximum absolute atomic E-state index is 12.8. The van der Waals surface area contributed by atoms with Gasteiger partial charge in [0.2, 0.25) is 0 Å². The summed E-state index contributed by atoms with van der Waals surface area (Å²) >= 11 is 0. The second kappa shape index (κ2) is 61.4. The second-order valence-corrected chi connectivity index (χ2v) is 19.8. The minimum atomic E-state index is -0.809. The van der Waals surface area contributed by atoms with Gasteiger partial charge in [0.25, 0.3) is 0 Å². The quantitative estimate of drug-likeness (QED) is 0.0261. The van der Waals surface area contributed by atoms with Gasteiger partial charge in [-0.1, -0.05) is 251 Å². The first kappa shape index (κ1) is 69.8. The number of carbonyl (C=O) groups excluding carboxylic acids is 3. The van der Waals surface area contributed by atoms with Crippen molar-refractivity contribution in [2.45, 2.75) is 277 Å². The van der Waals surface area contributed by atoms with Crippen molar-refractivity contribution >= 4 is 17.9 Å². The van der Waals surface area contributed by atoms with Crippen LogP contribution in [0.15, 0.2) is 122 Å². The van der Waals surface area contributed by atoms with E-state index < -0.39 is 6.10 Å². The molecule has 0 saturated heterocycles. The molecule has 0 aliphatic carbocycles. The summed E-state index contributed by atoms with van der Waals surface area (Å²) in [5, 5.41) is 0. The van der Waals surface area contributed by atoms with Gasteiger partial charge in [0.05, 0.1) is 0 Å². The zero-order chi connectivity index (χ0) is 53.6. The van der Waals surface area contributed by atoms with Crippen LogP contribution in [0.1, 0.15) is 271 Å². The molecule has 1 atom stereocenters. The molecule has 0 amide bonds. The number of carbonyl (C=O) groups is 3. The van der Waals surface area contributed by atoms with E-state index in [1.165, 1.54) is 96.3 Å².